The summed E-state index contributed by atoms with van der Waals surface area (Å²) < 4.78 is 7.41. The van der Waals surface area contributed by atoms with Crippen molar-refractivity contribution >= 4 is 17.2 Å². The lowest BCUT2D eigenvalue weighted by Crippen LogP contribution is -2.39. The van der Waals surface area contributed by atoms with E-state index in [2.05, 4.69) is 33.8 Å². The molecule has 8 heteroatoms. The van der Waals surface area contributed by atoms with Gasteiger partial charge in [-0.2, -0.15) is 0 Å². The van der Waals surface area contributed by atoms with Crippen LogP contribution in [0.15, 0.2) is 28.1 Å². The van der Waals surface area contributed by atoms with Crippen molar-refractivity contribution in [2.45, 2.75) is 32.9 Å². The maximum absolute atomic E-state index is 12.7. The average Bonchev–Trinajstić information content (AvgIpc) is 3.31. The van der Waals surface area contributed by atoms with Crippen LogP contribution in [0.25, 0.3) is 10.6 Å². The third kappa shape index (κ3) is 2.52. The molecule has 0 fully saturated rings. The van der Waals surface area contributed by atoms with Crippen LogP contribution >= 0.6 is 11.3 Å². The fraction of sp³-hybridized carbons (Fsp3) is 0.375. The zero-order chi connectivity index (χ0) is 16.7. The van der Waals surface area contributed by atoms with Gasteiger partial charge in [0.15, 0.2) is 17.3 Å². The van der Waals surface area contributed by atoms with E-state index in [1.807, 2.05) is 17.5 Å². The number of carbonyl (C=O) groups is 1. The van der Waals surface area contributed by atoms with E-state index >= 15 is 0 Å². The van der Waals surface area contributed by atoms with Gasteiger partial charge in [-0.05, 0) is 11.4 Å². The van der Waals surface area contributed by atoms with Crippen molar-refractivity contribution in [3.63, 3.8) is 0 Å². The molecule has 4 rings (SSSR count). The normalized spacial score (nSPS) is 14.2. The maximum atomic E-state index is 12.7. The van der Waals surface area contributed by atoms with Crippen LogP contribution in [-0.4, -0.2) is 37.3 Å². The Bertz CT molecular complexity index is 865. The van der Waals surface area contributed by atoms with Crippen molar-refractivity contribution in [2.75, 3.05) is 6.54 Å². The van der Waals surface area contributed by atoms with E-state index in [4.69, 9.17) is 4.52 Å². The van der Waals surface area contributed by atoms with Crippen LogP contribution in [0.2, 0.25) is 0 Å². The molecule has 7 nitrogen and oxygen atoms in total. The van der Waals surface area contributed by atoms with E-state index in [9.17, 15) is 4.79 Å². The Hall–Kier alpha value is -2.48. The predicted molar refractivity (Wildman–Crippen MR) is 88.7 cm³/mol. The lowest BCUT2D eigenvalue weighted by atomic mass is 10.2. The number of hydrogen-bond donors (Lipinski definition) is 0. The highest BCUT2D eigenvalue weighted by atomic mass is 32.1. The van der Waals surface area contributed by atoms with E-state index in [1.54, 1.807) is 22.3 Å². The third-order valence-corrected chi connectivity index (χ3v) is 4.96. The van der Waals surface area contributed by atoms with Crippen LogP contribution in [0.5, 0.6) is 0 Å². The van der Waals surface area contributed by atoms with Crippen LogP contribution < -0.4 is 0 Å². The van der Waals surface area contributed by atoms with Gasteiger partial charge in [0.25, 0.3) is 5.91 Å². The number of carbonyl (C=O) groups excluding carboxylic acids is 1. The summed E-state index contributed by atoms with van der Waals surface area (Å²) in [5.41, 5.74) is 0.329. The molecular formula is C16H17N5O2S. The summed E-state index contributed by atoms with van der Waals surface area (Å²) in [5, 5.41) is 14.4. The summed E-state index contributed by atoms with van der Waals surface area (Å²) in [4.78, 5) is 15.4. The fourth-order valence-corrected chi connectivity index (χ4v) is 3.53. The summed E-state index contributed by atoms with van der Waals surface area (Å²) >= 11 is 1.55. The molecule has 1 aliphatic heterocycles. The number of thiophene rings is 1. The smallest absolute Gasteiger partial charge is 0.276 e. The molecule has 124 valence electrons. The molecule has 24 heavy (non-hydrogen) atoms. The topological polar surface area (TPSA) is 77.0 Å². The first-order chi connectivity index (χ1) is 11.6. The molecule has 0 saturated heterocycles. The van der Waals surface area contributed by atoms with Gasteiger partial charge in [0.2, 0.25) is 0 Å². The molecule has 3 aromatic rings. The molecule has 0 bridgehead atoms. The lowest BCUT2D eigenvalue weighted by molar-refractivity contribution is 0.0695. The molecule has 0 N–H and O–H groups in total. The van der Waals surface area contributed by atoms with Crippen LogP contribution in [0.4, 0.5) is 0 Å². The second kappa shape index (κ2) is 5.86. The summed E-state index contributed by atoms with van der Waals surface area (Å²) in [6.45, 7) is 5.95. The minimum absolute atomic E-state index is 0.137. The Morgan fingerprint density at radius 2 is 2.21 bits per heavy atom. The minimum Gasteiger partial charge on any atom is -0.355 e. The fourth-order valence-electron chi connectivity index (χ4n) is 2.85. The first-order valence-electron chi connectivity index (χ1n) is 7.85. The van der Waals surface area contributed by atoms with E-state index in [-0.39, 0.29) is 5.91 Å². The molecule has 1 amide bonds. The third-order valence-electron chi connectivity index (χ3n) is 4.08. The van der Waals surface area contributed by atoms with Crippen molar-refractivity contribution in [1.29, 1.82) is 0 Å². The van der Waals surface area contributed by atoms with Crippen molar-refractivity contribution in [2.24, 2.45) is 0 Å². The molecular weight excluding hydrogens is 326 g/mol. The van der Waals surface area contributed by atoms with E-state index < -0.39 is 0 Å². The van der Waals surface area contributed by atoms with Gasteiger partial charge >= 0.3 is 0 Å². The highest BCUT2D eigenvalue weighted by Gasteiger charge is 2.27. The summed E-state index contributed by atoms with van der Waals surface area (Å²) in [7, 11) is 0. The van der Waals surface area contributed by atoms with Gasteiger partial charge in [-0.1, -0.05) is 25.1 Å². The van der Waals surface area contributed by atoms with Crippen LogP contribution in [-0.2, 0) is 13.1 Å². The summed E-state index contributed by atoms with van der Waals surface area (Å²) in [6, 6.07) is 5.58. The molecule has 4 heterocycles. The van der Waals surface area contributed by atoms with E-state index in [0.29, 0.717) is 37.0 Å². The first kappa shape index (κ1) is 15.1. The highest BCUT2D eigenvalue weighted by Crippen LogP contribution is 2.26. The molecule has 0 aliphatic carbocycles. The lowest BCUT2D eigenvalue weighted by Gasteiger charge is -2.27. The zero-order valence-corrected chi connectivity index (χ0v) is 14.3. The van der Waals surface area contributed by atoms with Crippen molar-refractivity contribution in [3.8, 4) is 10.6 Å². The minimum atomic E-state index is -0.137. The number of aromatic nitrogens is 4. The SMILES string of the molecule is CC(C)c1nnc2n1CCN(C(=O)c1cc(-c3cccs3)on1)C2. The van der Waals surface area contributed by atoms with E-state index in [0.717, 1.165) is 16.5 Å². The number of nitrogens with zero attached hydrogens (tertiary/aromatic N) is 5. The van der Waals surface area contributed by atoms with Crippen molar-refractivity contribution < 1.29 is 9.32 Å². The highest BCUT2D eigenvalue weighted by molar-refractivity contribution is 7.13. The molecule has 0 radical (unpaired) electrons. The van der Waals surface area contributed by atoms with Gasteiger partial charge in [0, 0.05) is 25.1 Å². The van der Waals surface area contributed by atoms with Crippen LogP contribution in [0.3, 0.4) is 0 Å². The monoisotopic (exact) mass is 343 g/mol. The molecule has 3 aromatic heterocycles. The maximum Gasteiger partial charge on any atom is 0.276 e. The van der Waals surface area contributed by atoms with E-state index in [1.165, 1.54) is 0 Å². The Kier molecular flexibility index (Phi) is 3.68. The largest absolute Gasteiger partial charge is 0.355 e. The Morgan fingerprint density at radius 1 is 1.33 bits per heavy atom. The van der Waals surface area contributed by atoms with Crippen LogP contribution in [0, 0.1) is 0 Å². The second-order valence-electron chi connectivity index (χ2n) is 6.06. The molecule has 0 spiro atoms. The number of fused-ring (bicyclic) bond motifs is 1. The molecule has 0 unspecified atom stereocenters. The van der Waals surface area contributed by atoms with Gasteiger partial charge in [0.1, 0.15) is 5.82 Å². The Labute approximate surface area is 142 Å². The number of rotatable bonds is 3. The van der Waals surface area contributed by atoms with Gasteiger partial charge in [-0.3, -0.25) is 4.79 Å². The quantitative estimate of drug-likeness (QED) is 0.731. The van der Waals surface area contributed by atoms with Crippen molar-refractivity contribution in [3.05, 3.63) is 40.9 Å². The number of hydrogen-bond acceptors (Lipinski definition) is 6. The summed E-state index contributed by atoms with van der Waals surface area (Å²) in [6.07, 6.45) is 0. The average molecular weight is 343 g/mol. The molecule has 1 aliphatic rings. The second-order valence-corrected chi connectivity index (χ2v) is 7.01. The Balaban J connectivity index is 1.53. The zero-order valence-electron chi connectivity index (χ0n) is 13.5. The van der Waals surface area contributed by atoms with Gasteiger partial charge < -0.3 is 14.0 Å². The standard InChI is InChI=1S/C16H17N5O2S/c1-10(2)15-18-17-14-9-20(5-6-21(14)15)16(22)11-8-12(23-19-11)13-4-3-7-24-13/h3-4,7-8,10H,5-6,9H2,1-2H3. The summed E-state index contributed by atoms with van der Waals surface area (Å²) in [5.74, 6) is 2.59. The first-order valence-corrected chi connectivity index (χ1v) is 8.73. The van der Waals surface area contributed by atoms with Crippen molar-refractivity contribution in [1.82, 2.24) is 24.8 Å². The number of amides is 1. The Morgan fingerprint density at radius 3 is 2.96 bits per heavy atom. The molecule has 0 saturated carbocycles. The predicted octanol–water partition coefficient (Wildman–Crippen LogP) is 2.77. The van der Waals surface area contributed by atoms with Crippen LogP contribution in [0.1, 0.15) is 41.9 Å². The molecule has 0 atom stereocenters. The molecule has 0 aromatic carbocycles. The van der Waals surface area contributed by atoms with Gasteiger partial charge in [-0.25, -0.2) is 0 Å². The van der Waals surface area contributed by atoms with Gasteiger partial charge in [-0.15, -0.1) is 21.5 Å². The van der Waals surface area contributed by atoms with Gasteiger partial charge in [0.05, 0.1) is 11.4 Å².